The summed E-state index contributed by atoms with van der Waals surface area (Å²) < 4.78 is 7.76. The zero-order valence-corrected chi connectivity index (χ0v) is 13.0. The van der Waals surface area contributed by atoms with Crippen LogP contribution in [0.5, 0.6) is 5.75 Å². The molecule has 6 heteroatoms. The number of H-pyrrole nitrogens is 1. The number of pyridine rings is 1. The van der Waals surface area contributed by atoms with Crippen LogP contribution >= 0.6 is 12.2 Å². The molecule has 22 heavy (non-hydrogen) atoms. The molecule has 3 rings (SSSR count). The minimum absolute atomic E-state index is 0.618. The summed E-state index contributed by atoms with van der Waals surface area (Å²) in [5, 5.41) is 8.39. The molecule has 5 nitrogen and oxygen atoms in total. The molecule has 0 aliphatic rings. The molecule has 0 amide bonds. The van der Waals surface area contributed by atoms with Gasteiger partial charge < -0.3 is 9.72 Å². The van der Waals surface area contributed by atoms with E-state index in [1.54, 1.807) is 11.8 Å². The maximum absolute atomic E-state index is 5.36. The van der Waals surface area contributed by atoms with Gasteiger partial charge in [0.25, 0.3) is 0 Å². The minimum Gasteiger partial charge on any atom is -0.493 e. The van der Waals surface area contributed by atoms with Crippen LogP contribution in [0.4, 0.5) is 0 Å². The number of hydrogen-bond donors (Lipinski definition) is 1. The Labute approximate surface area is 133 Å². The van der Waals surface area contributed by atoms with Crippen molar-refractivity contribution >= 4 is 12.2 Å². The van der Waals surface area contributed by atoms with Crippen molar-refractivity contribution in [3.05, 3.63) is 64.7 Å². The van der Waals surface area contributed by atoms with E-state index >= 15 is 0 Å². The third-order valence-corrected chi connectivity index (χ3v) is 3.72. The molecule has 3 aromatic rings. The molecule has 0 aliphatic carbocycles. The van der Waals surface area contributed by atoms with E-state index in [4.69, 9.17) is 17.0 Å². The van der Waals surface area contributed by atoms with Gasteiger partial charge in [-0.15, -0.1) is 5.10 Å². The molecule has 112 valence electrons. The number of hydrogen-bond acceptors (Lipinski definition) is 4. The van der Waals surface area contributed by atoms with Crippen molar-refractivity contribution in [3.8, 4) is 11.4 Å². The first-order chi connectivity index (χ1) is 10.8. The number of benzene rings is 1. The first-order valence-electron chi connectivity index (χ1n) is 6.99. The number of aromatic nitrogens is 4. The number of nitrogens with one attached hydrogen (secondary N) is 1. The van der Waals surface area contributed by atoms with Crippen LogP contribution in [0.25, 0.3) is 5.69 Å². The summed E-state index contributed by atoms with van der Waals surface area (Å²) >= 11 is 5.22. The Morgan fingerprint density at radius 2 is 2.00 bits per heavy atom. The Kier molecular flexibility index (Phi) is 4.29. The maximum Gasteiger partial charge on any atom is 0.156 e. The van der Waals surface area contributed by atoms with E-state index in [1.165, 1.54) is 0 Å². The first kappa shape index (κ1) is 14.5. The minimum atomic E-state index is 0.618. The van der Waals surface area contributed by atoms with Gasteiger partial charge in [0.15, 0.2) is 5.75 Å². The molecule has 0 bridgehead atoms. The summed E-state index contributed by atoms with van der Waals surface area (Å²) in [6.07, 6.45) is 5.36. The largest absolute Gasteiger partial charge is 0.493 e. The summed E-state index contributed by atoms with van der Waals surface area (Å²) in [5.74, 6) is 0.730. The highest BCUT2D eigenvalue weighted by Crippen LogP contribution is 2.20. The highest BCUT2D eigenvalue weighted by atomic mass is 32.1. The Morgan fingerprint density at radius 1 is 1.18 bits per heavy atom. The predicted molar refractivity (Wildman–Crippen MR) is 86.9 cm³/mol. The van der Waals surface area contributed by atoms with Crippen molar-refractivity contribution in [1.82, 2.24) is 20.0 Å². The molecule has 0 unspecified atom stereocenters. The molecule has 0 saturated heterocycles. The van der Waals surface area contributed by atoms with E-state index in [0.29, 0.717) is 4.64 Å². The lowest BCUT2D eigenvalue weighted by Gasteiger charge is -2.06. The lowest BCUT2D eigenvalue weighted by molar-refractivity contribution is 0.405. The Balaban J connectivity index is 1.74. The van der Waals surface area contributed by atoms with Gasteiger partial charge in [0.05, 0.1) is 24.7 Å². The van der Waals surface area contributed by atoms with Crippen molar-refractivity contribution in [1.29, 1.82) is 0 Å². The van der Waals surface area contributed by atoms with Crippen LogP contribution in [0, 0.1) is 4.64 Å². The first-order valence-corrected chi connectivity index (χ1v) is 7.40. The molecular formula is C16H16N4OS. The van der Waals surface area contributed by atoms with Crippen molar-refractivity contribution in [2.75, 3.05) is 7.11 Å². The smallest absolute Gasteiger partial charge is 0.156 e. The van der Waals surface area contributed by atoms with Crippen LogP contribution < -0.4 is 4.74 Å². The zero-order chi connectivity index (χ0) is 15.4. The quantitative estimate of drug-likeness (QED) is 0.736. The Hall–Kier alpha value is -2.47. The van der Waals surface area contributed by atoms with Crippen molar-refractivity contribution in [2.45, 2.75) is 12.8 Å². The van der Waals surface area contributed by atoms with Gasteiger partial charge in [0.1, 0.15) is 4.64 Å². The van der Waals surface area contributed by atoms with Crippen LogP contribution in [0.3, 0.4) is 0 Å². The Bertz CT molecular complexity index is 810. The van der Waals surface area contributed by atoms with Gasteiger partial charge in [-0.3, -0.25) is 0 Å². The number of aryl methyl sites for hydroxylation is 2. The number of ether oxygens (including phenoxy) is 1. The molecule has 2 heterocycles. The highest BCUT2D eigenvalue weighted by Gasteiger charge is 2.07. The van der Waals surface area contributed by atoms with Crippen LogP contribution in [0.15, 0.2) is 48.8 Å². The monoisotopic (exact) mass is 312 g/mol. The molecule has 0 atom stereocenters. The van der Waals surface area contributed by atoms with Gasteiger partial charge in [-0.05, 0) is 36.6 Å². The molecule has 0 fully saturated rings. The van der Waals surface area contributed by atoms with Gasteiger partial charge in [-0.2, -0.15) is 0 Å². The van der Waals surface area contributed by atoms with Gasteiger partial charge in [0, 0.05) is 6.20 Å². The molecule has 0 aliphatic heterocycles. The third kappa shape index (κ3) is 3.07. The fourth-order valence-corrected chi connectivity index (χ4v) is 2.59. The van der Waals surface area contributed by atoms with E-state index < -0.39 is 0 Å². The summed E-state index contributed by atoms with van der Waals surface area (Å²) in [7, 11) is 1.63. The SMILES string of the molecule is COc1c(CCc2cn(-c3ccccc3)nn2)cc[nH]c1=S. The summed E-state index contributed by atoms with van der Waals surface area (Å²) in [5.41, 5.74) is 3.01. The van der Waals surface area contributed by atoms with Gasteiger partial charge in [-0.25, -0.2) is 4.68 Å². The maximum atomic E-state index is 5.36. The Morgan fingerprint density at radius 3 is 2.77 bits per heavy atom. The molecule has 0 saturated carbocycles. The van der Waals surface area contributed by atoms with Crippen molar-refractivity contribution < 1.29 is 4.74 Å². The standard InChI is InChI=1S/C16H16N4OS/c1-21-15-12(9-10-17-16(15)22)7-8-13-11-20(19-18-13)14-5-3-2-4-6-14/h2-6,9-11H,7-8H2,1H3,(H,17,22). The predicted octanol–water partition coefficient (Wildman–Crippen LogP) is 3.12. The van der Waals surface area contributed by atoms with E-state index in [-0.39, 0.29) is 0 Å². The van der Waals surface area contributed by atoms with Gasteiger partial charge in [-0.1, -0.05) is 35.6 Å². The van der Waals surface area contributed by atoms with Crippen LogP contribution in [0.1, 0.15) is 11.3 Å². The van der Waals surface area contributed by atoms with E-state index in [1.807, 2.05) is 48.8 Å². The molecule has 2 aromatic heterocycles. The average molecular weight is 312 g/mol. The van der Waals surface area contributed by atoms with E-state index in [0.717, 1.165) is 35.5 Å². The molecule has 0 spiro atoms. The second-order valence-electron chi connectivity index (χ2n) is 4.86. The zero-order valence-electron chi connectivity index (χ0n) is 12.2. The second kappa shape index (κ2) is 6.53. The summed E-state index contributed by atoms with van der Waals surface area (Å²) in [4.78, 5) is 2.97. The highest BCUT2D eigenvalue weighted by molar-refractivity contribution is 7.71. The lowest BCUT2D eigenvalue weighted by Crippen LogP contribution is -1.97. The van der Waals surface area contributed by atoms with Gasteiger partial charge >= 0.3 is 0 Å². The fraction of sp³-hybridized carbons (Fsp3) is 0.188. The van der Waals surface area contributed by atoms with Crippen LogP contribution in [-0.4, -0.2) is 27.1 Å². The van der Waals surface area contributed by atoms with Crippen LogP contribution in [-0.2, 0) is 12.8 Å². The second-order valence-corrected chi connectivity index (χ2v) is 5.26. The topological polar surface area (TPSA) is 55.7 Å². The summed E-state index contributed by atoms with van der Waals surface area (Å²) in [6.45, 7) is 0. The fourth-order valence-electron chi connectivity index (χ4n) is 2.31. The lowest BCUT2D eigenvalue weighted by atomic mass is 10.1. The van der Waals surface area contributed by atoms with Crippen molar-refractivity contribution in [2.24, 2.45) is 0 Å². The van der Waals surface area contributed by atoms with E-state index in [9.17, 15) is 0 Å². The van der Waals surface area contributed by atoms with Crippen molar-refractivity contribution in [3.63, 3.8) is 0 Å². The number of methoxy groups -OCH3 is 1. The number of para-hydroxylation sites is 1. The summed E-state index contributed by atoms with van der Waals surface area (Å²) in [6, 6.07) is 11.9. The average Bonchev–Trinajstić information content (AvgIpc) is 3.03. The molecular weight excluding hydrogens is 296 g/mol. The van der Waals surface area contributed by atoms with E-state index in [2.05, 4.69) is 15.3 Å². The van der Waals surface area contributed by atoms with Crippen LogP contribution in [0.2, 0.25) is 0 Å². The van der Waals surface area contributed by atoms with Gasteiger partial charge in [0.2, 0.25) is 0 Å². The third-order valence-electron chi connectivity index (χ3n) is 3.41. The number of rotatable bonds is 5. The number of nitrogens with zero attached hydrogens (tertiary/aromatic N) is 3. The molecule has 1 N–H and O–H groups in total. The molecule has 1 aromatic carbocycles. The normalized spacial score (nSPS) is 10.6. The number of aromatic amines is 1. The molecule has 0 radical (unpaired) electrons.